The van der Waals surface area contributed by atoms with Crippen LogP contribution in [-0.4, -0.2) is 27.0 Å². The Morgan fingerprint density at radius 2 is 1.73 bits per heavy atom. The number of ether oxygens (including phenoxy) is 1. The number of para-hydroxylation sites is 2. The molecule has 0 spiro atoms. The van der Waals surface area contributed by atoms with Crippen molar-refractivity contribution in [2.45, 2.75) is 6.92 Å². The molecule has 3 rings (SSSR count). The monoisotopic (exact) mass is 349 g/mol. The number of hydrogen-bond donors (Lipinski definition) is 2. The topological polar surface area (TPSA) is 101 Å². The summed E-state index contributed by atoms with van der Waals surface area (Å²) < 4.78 is 5.14. The summed E-state index contributed by atoms with van der Waals surface area (Å²) in [5.74, 6) is -0.896. The Morgan fingerprint density at radius 1 is 1.04 bits per heavy atom. The molecular formula is C19H15N3O4. The molecular weight excluding hydrogens is 334 g/mol. The Labute approximate surface area is 149 Å². The van der Waals surface area contributed by atoms with Crippen molar-refractivity contribution in [2.75, 3.05) is 5.32 Å². The number of esters is 1. The van der Waals surface area contributed by atoms with Crippen molar-refractivity contribution in [1.29, 1.82) is 0 Å². The maximum Gasteiger partial charge on any atom is 0.341 e. The number of nitrogens with zero attached hydrogens (tertiary/aromatic N) is 2. The van der Waals surface area contributed by atoms with E-state index in [4.69, 9.17) is 4.74 Å². The number of nitrogens with one attached hydrogen (secondary N) is 1. The lowest BCUT2D eigenvalue weighted by atomic mass is 10.2. The number of anilines is 2. The van der Waals surface area contributed by atoms with Crippen molar-refractivity contribution in [1.82, 2.24) is 9.97 Å². The first-order valence-corrected chi connectivity index (χ1v) is 7.75. The van der Waals surface area contributed by atoms with Crippen LogP contribution in [0.2, 0.25) is 0 Å². The van der Waals surface area contributed by atoms with E-state index >= 15 is 0 Å². The highest BCUT2D eigenvalue weighted by molar-refractivity contribution is 5.94. The standard InChI is InChI=1S/C19H15N3O4/c1-12(23)26-16-10-6-5-9-15(16)21-18-14(19(24)25)11-20-17(22-18)13-7-3-2-4-8-13/h2-11H,1H3,(H,24,25)(H,20,21,22). The molecule has 0 amide bonds. The third-order valence-electron chi connectivity index (χ3n) is 3.44. The van der Waals surface area contributed by atoms with Gasteiger partial charge < -0.3 is 15.2 Å². The Kier molecular flexibility index (Phi) is 4.89. The van der Waals surface area contributed by atoms with Crippen molar-refractivity contribution >= 4 is 23.4 Å². The zero-order chi connectivity index (χ0) is 18.5. The molecule has 0 atom stereocenters. The summed E-state index contributed by atoms with van der Waals surface area (Å²) in [6.07, 6.45) is 1.24. The van der Waals surface area contributed by atoms with Crippen LogP contribution in [0.1, 0.15) is 17.3 Å². The molecule has 0 aliphatic carbocycles. The number of benzene rings is 2. The van der Waals surface area contributed by atoms with E-state index in [2.05, 4.69) is 15.3 Å². The second-order valence-corrected chi connectivity index (χ2v) is 5.34. The van der Waals surface area contributed by atoms with E-state index < -0.39 is 11.9 Å². The normalized spacial score (nSPS) is 10.2. The quantitative estimate of drug-likeness (QED) is 0.537. The molecule has 2 N–H and O–H groups in total. The van der Waals surface area contributed by atoms with Crippen LogP contribution in [0.25, 0.3) is 11.4 Å². The highest BCUT2D eigenvalue weighted by Crippen LogP contribution is 2.29. The van der Waals surface area contributed by atoms with Crippen LogP contribution in [-0.2, 0) is 4.79 Å². The molecule has 3 aromatic rings. The second-order valence-electron chi connectivity index (χ2n) is 5.34. The molecule has 7 nitrogen and oxygen atoms in total. The summed E-state index contributed by atoms with van der Waals surface area (Å²) in [7, 11) is 0. The van der Waals surface area contributed by atoms with Crippen molar-refractivity contribution in [3.05, 3.63) is 66.4 Å². The van der Waals surface area contributed by atoms with Crippen molar-refractivity contribution in [3.63, 3.8) is 0 Å². The van der Waals surface area contributed by atoms with Gasteiger partial charge in [0.15, 0.2) is 11.6 Å². The number of carboxylic acid groups (broad SMARTS) is 1. The molecule has 0 aliphatic heterocycles. The first kappa shape index (κ1) is 17.1. The third kappa shape index (κ3) is 3.84. The van der Waals surface area contributed by atoms with Gasteiger partial charge in [-0.15, -0.1) is 0 Å². The van der Waals surface area contributed by atoms with E-state index in [1.165, 1.54) is 13.1 Å². The number of carbonyl (C=O) groups is 2. The Morgan fingerprint density at radius 3 is 2.42 bits per heavy atom. The number of hydrogen-bond acceptors (Lipinski definition) is 6. The summed E-state index contributed by atoms with van der Waals surface area (Å²) in [4.78, 5) is 31.2. The zero-order valence-corrected chi connectivity index (χ0v) is 13.8. The van der Waals surface area contributed by atoms with Gasteiger partial charge in [0.25, 0.3) is 0 Å². The minimum atomic E-state index is -1.17. The summed E-state index contributed by atoms with van der Waals surface area (Å²) in [6, 6.07) is 15.9. The minimum absolute atomic E-state index is 0.0951. The van der Waals surface area contributed by atoms with Gasteiger partial charge in [0.1, 0.15) is 11.4 Å². The Bertz CT molecular complexity index is 958. The fraction of sp³-hybridized carbons (Fsp3) is 0.0526. The number of rotatable bonds is 5. The molecule has 0 aliphatic rings. The molecule has 0 saturated carbocycles. The highest BCUT2D eigenvalue weighted by atomic mass is 16.5. The maximum atomic E-state index is 11.5. The largest absolute Gasteiger partial charge is 0.477 e. The third-order valence-corrected chi connectivity index (χ3v) is 3.44. The summed E-state index contributed by atoms with van der Waals surface area (Å²) >= 11 is 0. The van der Waals surface area contributed by atoms with Gasteiger partial charge in [-0.2, -0.15) is 0 Å². The molecule has 26 heavy (non-hydrogen) atoms. The average Bonchev–Trinajstić information content (AvgIpc) is 2.63. The fourth-order valence-corrected chi connectivity index (χ4v) is 2.30. The number of aromatic carboxylic acids is 1. The van der Waals surface area contributed by atoms with Crippen molar-refractivity contribution in [3.8, 4) is 17.1 Å². The predicted octanol–water partition coefficient (Wildman–Crippen LogP) is 3.51. The zero-order valence-electron chi connectivity index (χ0n) is 13.8. The lowest BCUT2D eigenvalue weighted by Gasteiger charge is -2.13. The van der Waals surface area contributed by atoms with Crippen LogP contribution in [0.3, 0.4) is 0 Å². The van der Waals surface area contributed by atoms with Crippen LogP contribution < -0.4 is 10.1 Å². The van der Waals surface area contributed by atoms with Crippen LogP contribution >= 0.6 is 0 Å². The molecule has 0 saturated heterocycles. The average molecular weight is 349 g/mol. The predicted molar refractivity (Wildman–Crippen MR) is 95.5 cm³/mol. The van der Waals surface area contributed by atoms with Gasteiger partial charge in [0.2, 0.25) is 0 Å². The first-order valence-electron chi connectivity index (χ1n) is 7.75. The number of carboxylic acids is 1. The molecule has 1 aromatic heterocycles. The Hall–Kier alpha value is -3.74. The van der Waals surface area contributed by atoms with Crippen molar-refractivity contribution in [2.24, 2.45) is 0 Å². The van der Waals surface area contributed by atoms with E-state index in [1.807, 2.05) is 30.3 Å². The molecule has 2 aromatic carbocycles. The molecule has 0 fully saturated rings. The number of aromatic nitrogens is 2. The number of carbonyl (C=O) groups excluding carboxylic acids is 1. The van der Waals surface area contributed by atoms with E-state index in [0.29, 0.717) is 11.5 Å². The fourth-order valence-electron chi connectivity index (χ4n) is 2.30. The maximum absolute atomic E-state index is 11.5. The summed E-state index contributed by atoms with van der Waals surface area (Å²) in [5.41, 5.74) is 1.07. The van der Waals surface area contributed by atoms with Crippen LogP contribution in [0.4, 0.5) is 11.5 Å². The Balaban J connectivity index is 2.03. The molecule has 130 valence electrons. The van der Waals surface area contributed by atoms with Gasteiger partial charge in [0.05, 0.1) is 5.69 Å². The van der Waals surface area contributed by atoms with E-state index in [0.717, 1.165) is 5.56 Å². The van der Waals surface area contributed by atoms with Crippen LogP contribution in [0.15, 0.2) is 60.8 Å². The molecule has 1 heterocycles. The van der Waals surface area contributed by atoms with Gasteiger partial charge in [-0.25, -0.2) is 14.8 Å². The molecule has 0 unspecified atom stereocenters. The molecule has 7 heteroatoms. The second kappa shape index (κ2) is 7.43. The van der Waals surface area contributed by atoms with Crippen LogP contribution in [0, 0.1) is 0 Å². The SMILES string of the molecule is CC(=O)Oc1ccccc1Nc1nc(-c2ccccc2)ncc1C(=O)O. The van der Waals surface area contributed by atoms with Gasteiger partial charge in [-0.3, -0.25) is 4.79 Å². The lowest BCUT2D eigenvalue weighted by molar-refractivity contribution is -0.131. The van der Waals surface area contributed by atoms with E-state index in [-0.39, 0.29) is 17.1 Å². The van der Waals surface area contributed by atoms with Crippen molar-refractivity contribution < 1.29 is 19.4 Å². The smallest absolute Gasteiger partial charge is 0.341 e. The first-order chi connectivity index (χ1) is 12.5. The molecule has 0 bridgehead atoms. The molecule has 0 radical (unpaired) electrons. The lowest BCUT2D eigenvalue weighted by Crippen LogP contribution is -2.09. The minimum Gasteiger partial charge on any atom is -0.477 e. The van der Waals surface area contributed by atoms with Gasteiger partial charge in [-0.1, -0.05) is 42.5 Å². The van der Waals surface area contributed by atoms with E-state index in [9.17, 15) is 14.7 Å². The highest BCUT2D eigenvalue weighted by Gasteiger charge is 2.16. The van der Waals surface area contributed by atoms with Gasteiger partial charge >= 0.3 is 11.9 Å². The van der Waals surface area contributed by atoms with Gasteiger partial charge in [0, 0.05) is 18.7 Å². The van der Waals surface area contributed by atoms with Crippen LogP contribution in [0.5, 0.6) is 5.75 Å². The summed E-state index contributed by atoms with van der Waals surface area (Å²) in [5, 5.41) is 12.3. The van der Waals surface area contributed by atoms with E-state index in [1.54, 1.807) is 24.3 Å². The van der Waals surface area contributed by atoms with Gasteiger partial charge in [-0.05, 0) is 12.1 Å². The summed E-state index contributed by atoms with van der Waals surface area (Å²) in [6.45, 7) is 1.29.